The fraction of sp³-hybridized carbons (Fsp3) is 0.364. The highest BCUT2D eigenvalue weighted by molar-refractivity contribution is 7.20. The molecule has 0 fully saturated rings. The number of nitrogens with zero attached hydrogens (tertiary/aromatic N) is 2. The van der Waals surface area contributed by atoms with Gasteiger partial charge in [-0.1, -0.05) is 0 Å². The monoisotopic (exact) mass is 534 g/mol. The number of aryl methyl sites for hydroxylation is 1. The van der Waals surface area contributed by atoms with Crippen LogP contribution < -0.4 is 16.2 Å². The van der Waals surface area contributed by atoms with Gasteiger partial charge in [0, 0.05) is 11.2 Å². The molecule has 0 saturated heterocycles. The zero-order chi connectivity index (χ0) is 27.2. The molecular weight excluding hydrogens is 514 g/mol. The van der Waals surface area contributed by atoms with Crippen molar-refractivity contribution in [3.63, 3.8) is 0 Å². The van der Waals surface area contributed by atoms with Crippen molar-refractivity contribution in [1.29, 1.82) is 0 Å². The third-order valence-electron chi connectivity index (χ3n) is 4.80. The number of nitrogens with one attached hydrogen (secondary N) is 2. The number of benzene rings is 1. The number of hydrogen-bond acceptors (Lipinski definition) is 5. The summed E-state index contributed by atoms with van der Waals surface area (Å²) in [6.07, 6.45) is -9.15. The van der Waals surface area contributed by atoms with Gasteiger partial charge in [0.05, 0.1) is 27.7 Å². The number of halogens is 6. The van der Waals surface area contributed by atoms with Crippen LogP contribution in [-0.2, 0) is 23.7 Å². The maximum Gasteiger partial charge on any atom is 0.416 e. The predicted molar refractivity (Wildman–Crippen MR) is 121 cm³/mol. The molecule has 0 radical (unpaired) electrons. The second-order valence-corrected chi connectivity index (χ2v) is 9.96. The predicted octanol–water partition coefficient (Wildman–Crippen LogP) is 4.97. The van der Waals surface area contributed by atoms with E-state index >= 15 is 0 Å². The van der Waals surface area contributed by atoms with Gasteiger partial charge in [-0.2, -0.15) is 26.3 Å². The average Bonchev–Trinajstić information content (AvgIpc) is 3.04. The molecule has 0 unspecified atom stereocenters. The number of thiophene rings is 1. The fourth-order valence-electron chi connectivity index (χ4n) is 3.27. The SMILES string of the molecule is Cc1c(C(=O)NC(C)(C)C)sc2ncn(CC(=O)Nc3cc(C(F)(F)F)cc(C(F)(F)F)c3)c(=O)c12. The molecule has 2 heterocycles. The van der Waals surface area contributed by atoms with Crippen molar-refractivity contribution in [2.75, 3.05) is 5.32 Å². The number of hydrogen-bond donors (Lipinski definition) is 2. The van der Waals surface area contributed by atoms with Gasteiger partial charge in [0.1, 0.15) is 11.4 Å². The molecule has 3 rings (SSSR count). The van der Waals surface area contributed by atoms with E-state index < -0.39 is 58.6 Å². The normalized spacial score (nSPS) is 12.6. The quantitative estimate of drug-likeness (QED) is 0.463. The zero-order valence-electron chi connectivity index (χ0n) is 19.3. The van der Waals surface area contributed by atoms with E-state index in [1.807, 2.05) is 5.32 Å². The van der Waals surface area contributed by atoms with Crippen LogP contribution in [0.4, 0.5) is 32.0 Å². The Hall–Kier alpha value is -3.42. The second-order valence-electron chi connectivity index (χ2n) is 8.96. The number of fused-ring (bicyclic) bond motifs is 1. The van der Waals surface area contributed by atoms with Crippen LogP contribution in [-0.4, -0.2) is 26.9 Å². The molecule has 0 atom stereocenters. The van der Waals surface area contributed by atoms with Crippen LogP contribution in [0.3, 0.4) is 0 Å². The molecule has 0 bridgehead atoms. The van der Waals surface area contributed by atoms with E-state index in [9.17, 15) is 40.7 Å². The van der Waals surface area contributed by atoms with Crippen LogP contribution in [0.25, 0.3) is 10.2 Å². The Balaban J connectivity index is 1.91. The third kappa shape index (κ3) is 6.04. The first kappa shape index (κ1) is 27.2. The van der Waals surface area contributed by atoms with Crippen molar-refractivity contribution in [1.82, 2.24) is 14.9 Å². The number of amides is 2. The van der Waals surface area contributed by atoms with E-state index in [1.165, 1.54) is 6.92 Å². The lowest BCUT2D eigenvalue weighted by Gasteiger charge is -2.20. The summed E-state index contributed by atoms with van der Waals surface area (Å²) in [6.45, 7) is 6.13. The van der Waals surface area contributed by atoms with E-state index in [2.05, 4.69) is 10.3 Å². The van der Waals surface area contributed by atoms with Crippen molar-refractivity contribution < 1.29 is 35.9 Å². The minimum Gasteiger partial charge on any atom is -0.347 e. The first-order chi connectivity index (χ1) is 16.4. The molecule has 0 aliphatic heterocycles. The van der Waals surface area contributed by atoms with E-state index in [0.717, 1.165) is 22.2 Å². The largest absolute Gasteiger partial charge is 0.416 e. The van der Waals surface area contributed by atoms with Crippen LogP contribution >= 0.6 is 11.3 Å². The lowest BCUT2D eigenvalue weighted by atomic mass is 10.1. The van der Waals surface area contributed by atoms with Gasteiger partial charge in [-0.15, -0.1) is 11.3 Å². The molecule has 14 heteroatoms. The molecule has 0 spiro atoms. The highest BCUT2D eigenvalue weighted by Gasteiger charge is 2.37. The maximum atomic E-state index is 13.0. The van der Waals surface area contributed by atoms with Gasteiger partial charge in [-0.05, 0) is 51.5 Å². The number of carbonyl (C=O) groups is 2. The molecule has 2 aromatic heterocycles. The third-order valence-corrected chi connectivity index (χ3v) is 6.00. The van der Waals surface area contributed by atoms with Crippen molar-refractivity contribution >= 4 is 39.1 Å². The van der Waals surface area contributed by atoms with Crippen molar-refractivity contribution in [3.05, 3.63) is 56.4 Å². The maximum absolute atomic E-state index is 13.0. The molecule has 0 aliphatic carbocycles. The second kappa shape index (κ2) is 9.22. The summed E-state index contributed by atoms with van der Waals surface area (Å²) in [5.74, 6) is -1.47. The zero-order valence-corrected chi connectivity index (χ0v) is 20.1. The van der Waals surface area contributed by atoms with Crippen molar-refractivity contribution in [2.24, 2.45) is 0 Å². The highest BCUT2D eigenvalue weighted by atomic mass is 32.1. The molecule has 7 nitrogen and oxygen atoms in total. The summed E-state index contributed by atoms with van der Waals surface area (Å²) in [7, 11) is 0. The Morgan fingerprint density at radius 1 is 1.00 bits per heavy atom. The van der Waals surface area contributed by atoms with E-state index in [1.54, 1.807) is 20.8 Å². The Bertz CT molecular complexity index is 1370. The average molecular weight is 534 g/mol. The van der Waals surface area contributed by atoms with Gasteiger partial charge in [-0.3, -0.25) is 19.0 Å². The minimum atomic E-state index is -5.08. The molecular formula is C22H20F6N4O3S. The lowest BCUT2D eigenvalue weighted by molar-refractivity contribution is -0.143. The molecule has 1 aromatic carbocycles. The van der Waals surface area contributed by atoms with Gasteiger partial charge in [0.15, 0.2) is 0 Å². The van der Waals surface area contributed by atoms with Gasteiger partial charge < -0.3 is 10.6 Å². The molecule has 36 heavy (non-hydrogen) atoms. The van der Waals surface area contributed by atoms with E-state index in [0.29, 0.717) is 17.7 Å². The van der Waals surface area contributed by atoms with Crippen LogP contribution in [0, 0.1) is 6.92 Å². The van der Waals surface area contributed by atoms with Crippen LogP contribution in [0.15, 0.2) is 29.3 Å². The van der Waals surface area contributed by atoms with E-state index in [-0.39, 0.29) is 21.2 Å². The first-order valence-electron chi connectivity index (χ1n) is 10.3. The molecule has 0 saturated carbocycles. The number of rotatable bonds is 4. The topological polar surface area (TPSA) is 93.1 Å². The number of carbonyl (C=O) groups excluding carboxylic acids is 2. The van der Waals surface area contributed by atoms with Gasteiger partial charge in [0.2, 0.25) is 5.91 Å². The van der Waals surface area contributed by atoms with Crippen molar-refractivity contribution in [3.8, 4) is 0 Å². The summed E-state index contributed by atoms with van der Waals surface area (Å²) < 4.78 is 79.1. The van der Waals surface area contributed by atoms with Crippen molar-refractivity contribution in [2.45, 2.75) is 52.1 Å². The Morgan fingerprint density at radius 3 is 2.06 bits per heavy atom. The number of alkyl halides is 6. The first-order valence-corrected chi connectivity index (χ1v) is 11.1. The summed E-state index contributed by atoms with van der Waals surface area (Å²) in [4.78, 5) is 42.5. The summed E-state index contributed by atoms with van der Waals surface area (Å²) >= 11 is 0.975. The van der Waals surface area contributed by atoms with Gasteiger partial charge in [0.25, 0.3) is 11.5 Å². The Labute approximate surface area is 204 Å². The standard InChI is InChI=1S/C22H20F6N4O3S/c1-10-15-18(36-16(10)17(34)31-20(2,3)4)29-9-32(19(15)35)8-14(33)30-13-6-11(21(23,24)25)5-12(7-13)22(26,27)28/h5-7,9H,8H2,1-4H3,(H,30,33)(H,31,34). The number of aromatic nitrogens is 2. The van der Waals surface area contributed by atoms with Gasteiger partial charge >= 0.3 is 12.4 Å². The van der Waals surface area contributed by atoms with Crippen LogP contribution in [0.2, 0.25) is 0 Å². The molecule has 2 amide bonds. The fourth-order valence-corrected chi connectivity index (χ4v) is 4.30. The minimum absolute atomic E-state index is 0.0647. The summed E-state index contributed by atoms with van der Waals surface area (Å²) in [5, 5.41) is 4.81. The molecule has 194 valence electrons. The molecule has 2 N–H and O–H groups in total. The lowest BCUT2D eigenvalue weighted by Crippen LogP contribution is -2.40. The van der Waals surface area contributed by atoms with Gasteiger partial charge in [-0.25, -0.2) is 4.98 Å². The highest BCUT2D eigenvalue weighted by Crippen LogP contribution is 2.37. The smallest absolute Gasteiger partial charge is 0.347 e. The Kier molecular flexibility index (Phi) is 6.96. The van der Waals surface area contributed by atoms with Crippen LogP contribution in [0.1, 0.15) is 47.1 Å². The summed E-state index contributed by atoms with van der Waals surface area (Å²) in [5.41, 5.74) is -4.83. The van der Waals surface area contributed by atoms with E-state index in [4.69, 9.17) is 0 Å². The molecule has 3 aromatic rings. The summed E-state index contributed by atoms with van der Waals surface area (Å²) in [6, 6.07) is 0.658. The number of anilines is 1. The van der Waals surface area contributed by atoms with Crippen LogP contribution in [0.5, 0.6) is 0 Å². The molecule has 0 aliphatic rings. The Morgan fingerprint density at radius 2 is 1.56 bits per heavy atom.